The van der Waals surface area contributed by atoms with Gasteiger partial charge < -0.3 is 25.0 Å². The molecule has 3 heterocycles. The highest BCUT2D eigenvalue weighted by Crippen LogP contribution is 2.45. The number of hydrogen-bond acceptors (Lipinski definition) is 6. The van der Waals surface area contributed by atoms with Crippen molar-refractivity contribution in [2.24, 2.45) is 0 Å². The van der Waals surface area contributed by atoms with Crippen molar-refractivity contribution in [3.63, 3.8) is 0 Å². The van der Waals surface area contributed by atoms with Gasteiger partial charge >= 0.3 is 0 Å². The van der Waals surface area contributed by atoms with Gasteiger partial charge in [0, 0.05) is 23.9 Å². The largest absolute Gasteiger partial charge is 0.495 e. The minimum Gasteiger partial charge on any atom is -0.495 e. The van der Waals surface area contributed by atoms with Crippen LogP contribution in [0.15, 0.2) is 54.7 Å². The average molecular weight is 489 g/mol. The van der Waals surface area contributed by atoms with E-state index in [0.29, 0.717) is 20.9 Å². The van der Waals surface area contributed by atoms with Crippen LogP contribution in [-0.2, 0) is 9.53 Å². The Labute approximate surface area is 200 Å². The summed E-state index contributed by atoms with van der Waals surface area (Å²) in [7, 11) is 3.02. The van der Waals surface area contributed by atoms with Gasteiger partial charge in [0.15, 0.2) is 5.11 Å². The molecule has 32 heavy (non-hydrogen) atoms. The number of aromatic nitrogens is 1. The minimum absolute atomic E-state index is 0.0604. The van der Waals surface area contributed by atoms with Crippen molar-refractivity contribution in [2.45, 2.75) is 12.1 Å². The van der Waals surface area contributed by atoms with Crippen molar-refractivity contribution >= 4 is 57.5 Å². The maximum Gasteiger partial charge on any atom is 0.250 e. The molecule has 1 aliphatic heterocycles. The van der Waals surface area contributed by atoms with Crippen LogP contribution in [0.4, 0.5) is 11.4 Å². The fraction of sp³-hybridized carbons (Fsp3) is 0.227. The maximum atomic E-state index is 12.1. The van der Waals surface area contributed by atoms with E-state index in [0.717, 1.165) is 16.3 Å². The van der Waals surface area contributed by atoms with Gasteiger partial charge in [0.05, 0.1) is 34.9 Å². The molecule has 0 aliphatic carbocycles. The van der Waals surface area contributed by atoms with Crippen LogP contribution >= 0.6 is 35.2 Å². The summed E-state index contributed by atoms with van der Waals surface area (Å²) in [5.74, 6) is 0.256. The van der Waals surface area contributed by atoms with E-state index in [-0.39, 0.29) is 24.6 Å². The number of nitrogens with one attached hydrogen (secondary N) is 2. The molecule has 1 fully saturated rings. The van der Waals surface area contributed by atoms with E-state index in [1.165, 1.54) is 18.4 Å². The topological polar surface area (TPSA) is 75.7 Å². The van der Waals surface area contributed by atoms with Crippen molar-refractivity contribution in [1.82, 2.24) is 10.3 Å². The van der Waals surface area contributed by atoms with Crippen LogP contribution in [-0.4, -0.2) is 36.8 Å². The van der Waals surface area contributed by atoms with E-state index in [4.69, 9.17) is 33.3 Å². The highest BCUT2D eigenvalue weighted by Gasteiger charge is 2.41. The first-order chi connectivity index (χ1) is 15.5. The lowest BCUT2D eigenvalue weighted by atomic mass is 10.0. The van der Waals surface area contributed by atoms with Crippen LogP contribution in [0.1, 0.15) is 22.7 Å². The highest BCUT2D eigenvalue weighted by atomic mass is 35.5. The molecule has 7 nitrogen and oxygen atoms in total. The molecular weight excluding hydrogens is 468 g/mol. The van der Waals surface area contributed by atoms with Crippen LogP contribution in [0.25, 0.3) is 0 Å². The number of ether oxygens (including phenoxy) is 2. The van der Waals surface area contributed by atoms with E-state index in [1.54, 1.807) is 19.4 Å². The van der Waals surface area contributed by atoms with Gasteiger partial charge in [-0.1, -0.05) is 17.7 Å². The molecule has 166 valence electrons. The molecule has 1 amide bonds. The summed E-state index contributed by atoms with van der Waals surface area (Å²) in [4.78, 5) is 19.7. The number of rotatable bonds is 7. The van der Waals surface area contributed by atoms with E-state index in [1.807, 2.05) is 47.4 Å². The minimum atomic E-state index is -0.280. The zero-order chi connectivity index (χ0) is 22.7. The number of thiocarbonyl (C=S) groups is 1. The first-order valence-electron chi connectivity index (χ1n) is 9.74. The molecule has 10 heteroatoms. The first-order valence-corrected chi connectivity index (χ1v) is 11.3. The summed E-state index contributed by atoms with van der Waals surface area (Å²) in [5, 5.41) is 6.79. The zero-order valence-corrected chi connectivity index (χ0v) is 19.8. The third kappa shape index (κ3) is 4.56. The van der Waals surface area contributed by atoms with Gasteiger partial charge in [0.1, 0.15) is 12.4 Å². The van der Waals surface area contributed by atoms with Gasteiger partial charge in [-0.05, 0) is 54.7 Å². The second-order valence-corrected chi connectivity index (χ2v) is 9.14. The number of benzene rings is 1. The predicted octanol–water partition coefficient (Wildman–Crippen LogP) is 4.57. The normalized spacial score (nSPS) is 17.8. The Balaban J connectivity index is 1.77. The van der Waals surface area contributed by atoms with Crippen LogP contribution in [0.3, 0.4) is 0 Å². The Morgan fingerprint density at radius 2 is 2.12 bits per heavy atom. The lowest BCUT2D eigenvalue weighted by Gasteiger charge is -2.27. The molecule has 0 bridgehead atoms. The van der Waals surface area contributed by atoms with Crippen molar-refractivity contribution in [2.75, 3.05) is 31.0 Å². The summed E-state index contributed by atoms with van der Waals surface area (Å²) in [5.41, 5.74) is 2.19. The second kappa shape index (κ2) is 9.83. The summed E-state index contributed by atoms with van der Waals surface area (Å²) in [6.07, 6.45) is 1.76. The van der Waals surface area contributed by atoms with Gasteiger partial charge in [0.2, 0.25) is 5.91 Å². The van der Waals surface area contributed by atoms with Gasteiger partial charge in [-0.15, -0.1) is 11.3 Å². The van der Waals surface area contributed by atoms with Gasteiger partial charge in [-0.3, -0.25) is 9.78 Å². The number of anilines is 2. The fourth-order valence-electron chi connectivity index (χ4n) is 3.67. The van der Waals surface area contributed by atoms with Gasteiger partial charge in [-0.25, -0.2) is 0 Å². The summed E-state index contributed by atoms with van der Waals surface area (Å²) in [6.45, 7) is -0.0604. The van der Waals surface area contributed by atoms with E-state index >= 15 is 0 Å². The molecule has 3 aromatic rings. The van der Waals surface area contributed by atoms with E-state index in [9.17, 15) is 4.79 Å². The first kappa shape index (κ1) is 22.5. The molecular formula is C22H21ClN4O3S2. The third-order valence-electron chi connectivity index (χ3n) is 4.99. The fourth-order valence-corrected chi connectivity index (χ4v) is 5.21. The number of methoxy groups -OCH3 is 2. The molecule has 2 N–H and O–H groups in total. The Kier molecular flexibility index (Phi) is 6.90. The summed E-state index contributed by atoms with van der Waals surface area (Å²) >= 11 is 13.5. The molecule has 2 atom stereocenters. The van der Waals surface area contributed by atoms with Crippen LogP contribution < -0.4 is 20.3 Å². The Hall–Kier alpha value is -2.72. The second-order valence-electron chi connectivity index (χ2n) is 7.00. The standard InChI is InChI=1S/C22H21ClN4O3S2/c1-29-12-19(28)25-15-11-13(6-7-16(15)30-2)27-21(17-8-9-18(23)32-17)20(26-22(27)31)14-5-3-4-10-24-14/h3-11,20-21H,12H2,1-2H3,(H,25,28)(H,26,31)/t20-,21+/m1/s1. The van der Waals surface area contributed by atoms with Crippen LogP contribution in [0.2, 0.25) is 4.34 Å². The third-order valence-corrected chi connectivity index (χ3v) is 6.61. The summed E-state index contributed by atoms with van der Waals surface area (Å²) in [6, 6.07) is 14.9. The summed E-state index contributed by atoms with van der Waals surface area (Å²) < 4.78 is 11.0. The number of carbonyl (C=O) groups excluding carboxylic acids is 1. The number of amides is 1. The van der Waals surface area contributed by atoms with Crippen molar-refractivity contribution < 1.29 is 14.3 Å². The Morgan fingerprint density at radius 3 is 2.78 bits per heavy atom. The van der Waals surface area contributed by atoms with Crippen LogP contribution in [0, 0.1) is 0 Å². The monoisotopic (exact) mass is 488 g/mol. The van der Waals surface area contributed by atoms with Crippen molar-refractivity contribution in [1.29, 1.82) is 0 Å². The zero-order valence-electron chi connectivity index (χ0n) is 17.4. The van der Waals surface area contributed by atoms with Crippen molar-refractivity contribution in [3.05, 3.63) is 69.6 Å². The van der Waals surface area contributed by atoms with Gasteiger partial charge in [-0.2, -0.15) is 0 Å². The number of pyridine rings is 1. The van der Waals surface area contributed by atoms with E-state index in [2.05, 4.69) is 15.6 Å². The number of thiophene rings is 1. The lowest BCUT2D eigenvalue weighted by Crippen LogP contribution is -2.29. The van der Waals surface area contributed by atoms with Crippen LogP contribution in [0.5, 0.6) is 5.75 Å². The average Bonchev–Trinajstić information content (AvgIpc) is 3.37. The smallest absolute Gasteiger partial charge is 0.250 e. The molecule has 0 radical (unpaired) electrons. The van der Waals surface area contributed by atoms with Crippen molar-refractivity contribution in [3.8, 4) is 5.75 Å². The SMILES string of the molecule is COCC(=O)Nc1cc(N2C(=S)N[C@H](c3ccccn3)[C@@H]2c2ccc(Cl)s2)ccc1OC. The molecule has 0 saturated carbocycles. The number of nitrogens with zero attached hydrogens (tertiary/aromatic N) is 2. The maximum absolute atomic E-state index is 12.1. The number of halogens is 1. The number of hydrogen-bond donors (Lipinski definition) is 2. The molecule has 1 aliphatic rings. The molecule has 4 rings (SSSR count). The molecule has 0 unspecified atom stereocenters. The molecule has 2 aromatic heterocycles. The Morgan fingerprint density at radius 1 is 1.28 bits per heavy atom. The van der Waals surface area contributed by atoms with Gasteiger partial charge in [0.25, 0.3) is 0 Å². The number of carbonyl (C=O) groups is 1. The molecule has 0 spiro atoms. The quantitative estimate of drug-likeness (QED) is 0.472. The highest BCUT2D eigenvalue weighted by molar-refractivity contribution is 7.80. The lowest BCUT2D eigenvalue weighted by molar-refractivity contribution is -0.119. The molecule has 1 saturated heterocycles. The predicted molar refractivity (Wildman–Crippen MR) is 131 cm³/mol. The molecule has 1 aromatic carbocycles. The van der Waals surface area contributed by atoms with E-state index < -0.39 is 0 Å². The Bertz CT molecular complexity index is 1130.